The van der Waals surface area contributed by atoms with Gasteiger partial charge in [-0.25, -0.2) is 4.98 Å². The van der Waals surface area contributed by atoms with Crippen molar-refractivity contribution in [1.29, 1.82) is 0 Å². The smallest absolute Gasteiger partial charge is 0.259 e. The summed E-state index contributed by atoms with van der Waals surface area (Å²) in [5.74, 6) is -0.938. The normalized spacial score (nSPS) is 22.3. The number of carbonyl (C=O) groups excluding carboxylic acids is 3. The van der Waals surface area contributed by atoms with E-state index in [1.807, 2.05) is 23.7 Å². The number of hydrogen-bond acceptors (Lipinski definition) is 6. The Kier molecular flexibility index (Phi) is 3.30. The van der Waals surface area contributed by atoms with Crippen LogP contribution < -0.4 is 10.2 Å². The van der Waals surface area contributed by atoms with Crippen LogP contribution in [-0.2, 0) is 15.0 Å². The van der Waals surface area contributed by atoms with E-state index in [0.717, 1.165) is 34.3 Å². The van der Waals surface area contributed by atoms with E-state index < -0.39 is 11.9 Å². The second-order valence-corrected chi connectivity index (χ2v) is 8.68. The number of nitrogens with zero attached hydrogens (tertiary/aromatic N) is 3. The van der Waals surface area contributed by atoms with Crippen LogP contribution in [0, 0.1) is 0 Å². The van der Waals surface area contributed by atoms with Gasteiger partial charge in [0, 0.05) is 34.3 Å². The van der Waals surface area contributed by atoms with Crippen LogP contribution in [0.25, 0.3) is 10.8 Å². The fourth-order valence-corrected chi connectivity index (χ4v) is 5.54. The van der Waals surface area contributed by atoms with Crippen LogP contribution in [-0.4, -0.2) is 33.7 Å². The average molecular weight is 404 g/mol. The van der Waals surface area contributed by atoms with Crippen molar-refractivity contribution >= 4 is 45.5 Å². The van der Waals surface area contributed by atoms with Gasteiger partial charge in [-0.2, -0.15) is 0 Å². The summed E-state index contributed by atoms with van der Waals surface area (Å²) in [5, 5.41) is 7.16. The molecule has 3 aliphatic rings. The number of amides is 3. The summed E-state index contributed by atoms with van der Waals surface area (Å²) in [6, 6.07) is 4.97. The lowest BCUT2D eigenvalue weighted by Gasteiger charge is -2.30. The number of carbonyl (C=O) groups is 3. The van der Waals surface area contributed by atoms with Crippen molar-refractivity contribution in [3.05, 3.63) is 52.2 Å². The van der Waals surface area contributed by atoms with Crippen molar-refractivity contribution in [3.8, 4) is 0 Å². The highest BCUT2D eigenvalue weighted by molar-refractivity contribution is 7.09. The number of aromatic nitrogens is 2. The predicted octanol–water partition coefficient (Wildman–Crippen LogP) is 2.54. The highest BCUT2D eigenvalue weighted by Crippen LogP contribution is 2.56. The number of imide groups is 1. The third-order valence-corrected chi connectivity index (χ3v) is 7.14. The summed E-state index contributed by atoms with van der Waals surface area (Å²) in [5.41, 5.74) is 2.00. The molecule has 6 rings (SSSR count). The molecule has 1 aromatic carbocycles. The van der Waals surface area contributed by atoms with E-state index in [1.54, 1.807) is 23.6 Å². The first-order valence-corrected chi connectivity index (χ1v) is 10.5. The van der Waals surface area contributed by atoms with Gasteiger partial charge in [0.05, 0.1) is 23.0 Å². The monoisotopic (exact) mass is 404 g/mol. The minimum Gasteiger partial charge on any atom is -0.295 e. The first-order chi connectivity index (χ1) is 14.1. The Bertz CT molecular complexity index is 1220. The molecule has 1 N–H and O–H groups in total. The number of pyridine rings is 1. The average Bonchev–Trinajstić information content (AvgIpc) is 3.21. The highest BCUT2D eigenvalue weighted by Gasteiger charge is 2.51. The van der Waals surface area contributed by atoms with Crippen LogP contribution in [0.15, 0.2) is 36.0 Å². The Morgan fingerprint density at radius 1 is 1.17 bits per heavy atom. The third-order valence-electron chi connectivity index (χ3n) is 6.17. The predicted molar refractivity (Wildman–Crippen MR) is 107 cm³/mol. The molecule has 0 radical (unpaired) electrons. The number of benzene rings is 1. The van der Waals surface area contributed by atoms with Crippen LogP contribution in [0.2, 0.25) is 0 Å². The Morgan fingerprint density at radius 3 is 2.76 bits per heavy atom. The molecular weight excluding hydrogens is 388 g/mol. The van der Waals surface area contributed by atoms with Crippen molar-refractivity contribution in [3.63, 3.8) is 0 Å². The van der Waals surface area contributed by atoms with E-state index in [-0.39, 0.29) is 23.7 Å². The summed E-state index contributed by atoms with van der Waals surface area (Å²) >= 11 is 1.63. The molecule has 3 amide bonds. The lowest BCUT2D eigenvalue weighted by Crippen LogP contribution is -2.53. The largest absolute Gasteiger partial charge is 0.295 e. The molecule has 29 heavy (non-hydrogen) atoms. The maximum atomic E-state index is 13.2. The Balaban J connectivity index is 1.52. The van der Waals surface area contributed by atoms with E-state index in [4.69, 9.17) is 4.98 Å². The summed E-state index contributed by atoms with van der Waals surface area (Å²) in [7, 11) is 0. The standard InChI is InChI=1S/C21H16N4O3S/c26-15-5-4-13(18(27)24-15)25-14-10-23-17(21(6-7-21)20-22-8-9-29-20)11-2-1-3-12(16(11)14)19(25)28/h1-3,8-10,13H,4-7H2,(H,24,26,27). The van der Waals surface area contributed by atoms with Crippen molar-refractivity contribution in [2.45, 2.75) is 37.1 Å². The quantitative estimate of drug-likeness (QED) is 0.678. The van der Waals surface area contributed by atoms with Gasteiger partial charge < -0.3 is 0 Å². The topological polar surface area (TPSA) is 92.3 Å². The molecule has 4 heterocycles. The van der Waals surface area contributed by atoms with Gasteiger partial charge in [0.15, 0.2) is 0 Å². The molecule has 0 bridgehead atoms. The van der Waals surface area contributed by atoms with E-state index in [2.05, 4.69) is 10.3 Å². The summed E-state index contributed by atoms with van der Waals surface area (Å²) in [6.45, 7) is 0. The van der Waals surface area contributed by atoms with E-state index >= 15 is 0 Å². The van der Waals surface area contributed by atoms with Crippen LogP contribution in [0.1, 0.15) is 46.7 Å². The molecule has 1 saturated carbocycles. The number of thiazole rings is 1. The van der Waals surface area contributed by atoms with Gasteiger partial charge in [-0.3, -0.25) is 29.6 Å². The molecule has 7 nitrogen and oxygen atoms in total. The van der Waals surface area contributed by atoms with Gasteiger partial charge in [0.2, 0.25) is 11.8 Å². The number of anilines is 1. The highest BCUT2D eigenvalue weighted by atomic mass is 32.1. The van der Waals surface area contributed by atoms with Gasteiger partial charge in [-0.1, -0.05) is 12.1 Å². The number of piperidine rings is 1. The fraction of sp³-hybridized carbons (Fsp3) is 0.286. The zero-order valence-electron chi connectivity index (χ0n) is 15.3. The molecule has 1 aliphatic carbocycles. The second kappa shape index (κ2) is 5.70. The molecule has 3 aromatic rings. The maximum Gasteiger partial charge on any atom is 0.259 e. The number of rotatable bonds is 3. The van der Waals surface area contributed by atoms with Crippen molar-refractivity contribution in [2.75, 3.05) is 4.90 Å². The van der Waals surface area contributed by atoms with Gasteiger partial charge in [-0.05, 0) is 25.3 Å². The number of hydrogen-bond donors (Lipinski definition) is 1. The van der Waals surface area contributed by atoms with Gasteiger partial charge >= 0.3 is 0 Å². The van der Waals surface area contributed by atoms with Crippen molar-refractivity contribution < 1.29 is 14.4 Å². The summed E-state index contributed by atoms with van der Waals surface area (Å²) < 4.78 is 0. The Hall–Kier alpha value is -3.13. The molecule has 2 aromatic heterocycles. The molecule has 8 heteroatoms. The van der Waals surface area contributed by atoms with Gasteiger partial charge in [0.1, 0.15) is 11.0 Å². The third kappa shape index (κ3) is 2.20. The minimum absolute atomic E-state index is 0.184. The first-order valence-electron chi connectivity index (χ1n) is 9.59. The van der Waals surface area contributed by atoms with Crippen molar-refractivity contribution in [1.82, 2.24) is 15.3 Å². The van der Waals surface area contributed by atoms with Crippen LogP contribution in [0.4, 0.5) is 5.69 Å². The Labute approximate surface area is 169 Å². The number of nitrogens with one attached hydrogen (secondary N) is 1. The SMILES string of the molecule is O=C1CCC(N2C(=O)c3cccc4c(C5(c6nccs6)CC5)ncc2c34)C(=O)N1. The molecule has 2 aliphatic heterocycles. The first kappa shape index (κ1) is 16.8. The second-order valence-electron chi connectivity index (χ2n) is 7.78. The zero-order chi connectivity index (χ0) is 19.8. The summed E-state index contributed by atoms with van der Waals surface area (Å²) in [4.78, 5) is 48.1. The zero-order valence-corrected chi connectivity index (χ0v) is 16.2. The van der Waals surface area contributed by atoms with Crippen LogP contribution in [0.3, 0.4) is 0 Å². The molecular formula is C21H16N4O3S. The molecule has 1 atom stereocenters. The minimum atomic E-state index is -0.697. The lowest BCUT2D eigenvalue weighted by atomic mass is 9.95. The van der Waals surface area contributed by atoms with Crippen molar-refractivity contribution in [2.24, 2.45) is 0 Å². The van der Waals surface area contributed by atoms with Crippen LogP contribution in [0.5, 0.6) is 0 Å². The summed E-state index contributed by atoms with van der Waals surface area (Å²) in [6.07, 6.45) is 6.03. The fourth-order valence-electron chi connectivity index (χ4n) is 4.64. The lowest BCUT2D eigenvalue weighted by molar-refractivity contribution is -0.134. The maximum absolute atomic E-state index is 13.2. The van der Waals surface area contributed by atoms with Crippen LogP contribution >= 0.6 is 11.3 Å². The molecule has 1 unspecified atom stereocenters. The van der Waals surface area contributed by atoms with Gasteiger partial charge in [0.25, 0.3) is 5.91 Å². The van der Waals surface area contributed by atoms with E-state index in [0.29, 0.717) is 17.7 Å². The molecule has 1 saturated heterocycles. The Morgan fingerprint density at radius 2 is 2.03 bits per heavy atom. The van der Waals surface area contributed by atoms with Gasteiger partial charge in [-0.15, -0.1) is 11.3 Å². The molecule has 144 valence electrons. The van der Waals surface area contributed by atoms with E-state index in [9.17, 15) is 14.4 Å². The van der Waals surface area contributed by atoms with E-state index in [1.165, 1.54) is 4.90 Å². The molecule has 2 fully saturated rings. The molecule has 0 spiro atoms.